The lowest BCUT2D eigenvalue weighted by molar-refractivity contribution is -0.136. The van der Waals surface area contributed by atoms with Crippen LogP contribution in [0.2, 0.25) is 0 Å². The molecule has 2 rings (SSSR count). The van der Waals surface area contributed by atoms with E-state index in [0.717, 1.165) is 10.9 Å². The van der Waals surface area contributed by atoms with Crippen LogP contribution in [0.4, 0.5) is 0 Å². The lowest BCUT2D eigenvalue weighted by Gasteiger charge is -2.00. The van der Waals surface area contributed by atoms with Crippen LogP contribution in [0.15, 0.2) is 17.3 Å². The Hall–Kier alpha value is -1.10. The summed E-state index contributed by atoms with van der Waals surface area (Å²) in [5, 5.41) is 9.38. The second-order valence-corrected chi connectivity index (χ2v) is 4.63. The van der Waals surface area contributed by atoms with Gasteiger partial charge in [-0.2, -0.15) is 0 Å². The van der Waals surface area contributed by atoms with E-state index < -0.39 is 5.97 Å². The fraction of sp³-hybridized carbons (Fsp3) is 0.500. The number of carboxylic acids is 1. The Balaban J connectivity index is 1.90. The first-order valence-electron chi connectivity index (χ1n) is 4.93. The molecule has 0 amide bonds. The normalized spacial score (nSPS) is 15.2. The molecule has 0 bridgehead atoms. The number of nitrogens with zero attached hydrogens (tertiary/aromatic N) is 2. The lowest BCUT2D eigenvalue weighted by atomic mass is 10.4. The van der Waals surface area contributed by atoms with Crippen molar-refractivity contribution in [3.05, 3.63) is 18.1 Å². The van der Waals surface area contributed by atoms with Crippen molar-refractivity contribution in [2.75, 3.05) is 5.75 Å². The third kappa shape index (κ3) is 3.20. The summed E-state index contributed by atoms with van der Waals surface area (Å²) in [6.45, 7) is 0. The Bertz CT molecular complexity index is 366. The van der Waals surface area contributed by atoms with Crippen molar-refractivity contribution in [2.45, 2.75) is 30.2 Å². The van der Waals surface area contributed by atoms with Crippen LogP contribution in [0.3, 0.4) is 0 Å². The summed E-state index contributed by atoms with van der Waals surface area (Å²) < 4.78 is 0. The standard InChI is InChI=1S/C10H12N2O2S/c13-9(14)4-6-15-8-3-5-11-10(12-8)7-1-2-7/h3,5,7H,1-2,4,6H2,(H,13,14). The molecular weight excluding hydrogens is 212 g/mol. The van der Waals surface area contributed by atoms with Gasteiger partial charge in [-0.1, -0.05) is 0 Å². The monoisotopic (exact) mass is 224 g/mol. The van der Waals surface area contributed by atoms with Gasteiger partial charge in [-0.05, 0) is 18.9 Å². The molecule has 0 atom stereocenters. The van der Waals surface area contributed by atoms with Crippen LogP contribution >= 0.6 is 11.8 Å². The van der Waals surface area contributed by atoms with Gasteiger partial charge in [0.25, 0.3) is 0 Å². The summed E-state index contributed by atoms with van der Waals surface area (Å²) in [7, 11) is 0. The summed E-state index contributed by atoms with van der Waals surface area (Å²) in [6, 6.07) is 1.83. The highest BCUT2D eigenvalue weighted by Crippen LogP contribution is 2.38. The van der Waals surface area contributed by atoms with Crippen molar-refractivity contribution in [1.29, 1.82) is 0 Å². The number of aliphatic carboxylic acids is 1. The highest BCUT2D eigenvalue weighted by molar-refractivity contribution is 7.99. The topological polar surface area (TPSA) is 63.1 Å². The van der Waals surface area contributed by atoms with E-state index in [1.807, 2.05) is 6.07 Å². The highest BCUT2D eigenvalue weighted by Gasteiger charge is 2.26. The Morgan fingerprint density at radius 1 is 1.60 bits per heavy atom. The first kappa shape index (κ1) is 10.4. The molecule has 0 radical (unpaired) electrons. The predicted molar refractivity (Wildman–Crippen MR) is 57.0 cm³/mol. The van der Waals surface area contributed by atoms with Crippen molar-refractivity contribution in [2.24, 2.45) is 0 Å². The predicted octanol–water partition coefficient (Wildman–Crippen LogP) is 1.92. The summed E-state index contributed by atoms with van der Waals surface area (Å²) >= 11 is 1.48. The first-order chi connectivity index (χ1) is 7.25. The molecule has 80 valence electrons. The van der Waals surface area contributed by atoms with Crippen LogP contribution in [0.25, 0.3) is 0 Å². The van der Waals surface area contributed by atoms with Crippen LogP contribution < -0.4 is 0 Å². The maximum atomic E-state index is 10.3. The van der Waals surface area contributed by atoms with Crippen LogP contribution in [0, 0.1) is 0 Å². The number of thioether (sulfide) groups is 1. The van der Waals surface area contributed by atoms with Gasteiger partial charge in [-0.25, -0.2) is 9.97 Å². The molecule has 4 nitrogen and oxygen atoms in total. The maximum Gasteiger partial charge on any atom is 0.304 e. The van der Waals surface area contributed by atoms with E-state index in [9.17, 15) is 4.79 Å². The number of carbonyl (C=O) groups is 1. The van der Waals surface area contributed by atoms with Gasteiger partial charge < -0.3 is 5.11 Å². The number of hydrogen-bond donors (Lipinski definition) is 1. The van der Waals surface area contributed by atoms with Gasteiger partial charge in [0.2, 0.25) is 0 Å². The SMILES string of the molecule is O=C(O)CCSc1ccnc(C2CC2)n1. The molecule has 5 heteroatoms. The lowest BCUT2D eigenvalue weighted by Crippen LogP contribution is -1.97. The minimum absolute atomic E-state index is 0.174. The van der Waals surface area contributed by atoms with Crippen LogP contribution in [0.1, 0.15) is 31.0 Å². The second-order valence-electron chi connectivity index (χ2n) is 3.52. The van der Waals surface area contributed by atoms with Gasteiger partial charge in [0.1, 0.15) is 5.82 Å². The van der Waals surface area contributed by atoms with Gasteiger partial charge in [0.15, 0.2) is 0 Å². The van der Waals surface area contributed by atoms with Crippen molar-refractivity contribution >= 4 is 17.7 Å². The number of rotatable bonds is 5. The van der Waals surface area contributed by atoms with E-state index >= 15 is 0 Å². The van der Waals surface area contributed by atoms with Crippen LogP contribution in [-0.2, 0) is 4.79 Å². The molecule has 1 N–H and O–H groups in total. The smallest absolute Gasteiger partial charge is 0.304 e. The molecule has 1 saturated carbocycles. The van der Waals surface area contributed by atoms with Gasteiger partial charge in [-0.15, -0.1) is 11.8 Å². The molecule has 15 heavy (non-hydrogen) atoms. The summed E-state index contributed by atoms with van der Waals surface area (Å²) in [5.74, 6) is 1.26. The van der Waals surface area contributed by atoms with Crippen molar-refractivity contribution in [3.8, 4) is 0 Å². The molecule has 0 saturated heterocycles. The zero-order chi connectivity index (χ0) is 10.7. The van der Waals surface area contributed by atoms with Crippen molar-refractivity contribution in [3.63, 3.8) is 0 Å². The van der Waals surface area contributed by atoms with E-state index in [0.29, 0.717) is 11.7 Å². The van der Waals surface area contributed by atoms with E-state index in [4.69, 9.17) is 5.11 Å². The summed E-state index contributed by atoms with van der Waals surface area (Å²) in [4.78, 5) is 18.9. The molecule has 1 aromatic rings. The zero-order valence-corrected chi connectivity index (χ0v) is 9.04. The summed E-state index contributed by atoms with van der Waals surface area (Å²) in [6.07, 6.45) is 4.30. The fourth-order valence-electron chi connectivity index (χ4n) is 1.22. The van der Waals surface area contributed by atoms with E-state index in [-0.39, 0.29) is 6.42 Å². The van der Waals surface area contributed by atoms with Gasteiger partial charge in [0.05, 0.1) is 11.4 Å². The van der Waals surface area contributed by atoms with Gasteiger partial charge in [0, 0.05) is 17.9 Å². The zero-order valence-electron chi connectivity index (χ0n) is 8.22. The van der Waals surface area contributed by atoms with Crippen molar-refractivity contribution < 1.29 is 9.90 Å². The minimum Gasteiger partial charge on any atom is -0.481 e. The maximum absolute atomic E-state index is 10.3. The quantitative estimate of drug-likeness (QED) is 0.611. The largest absolute Gasteiger partial charge is 0.481 e. The average Bonchev–Trinajstić information content (AvgIpc) is 3.01. The molecule has 1 aromatic heterocycles. The Kier molecular flexibility index (Phi) is 3.20. The molecule has 1 heterocycles. The third-order valence-corrected chi connectivity index (χ3v) is 3.09. The Morgan fingerprint density at radius 2 is 2.40 bits per heavy atom. The van der Waals surface area contributed by atoms with E-state index in [1.165, 1.54) is 24.6 Å². The second kappa shape index (κ2) is 4.61. The molecule has 1 aliphatic carbocycles. The fourth-order valence-corrected chi connectivity index (χ4v) is 2.02. The molecule has 0 aromatic carbocycles. The minimum atomic E-state index is -0.765. The van der Waals surface area contributed by atoms with Crippen molar-refractivity contribution in [1.82, 2.24) is 9.97 Å². The van der Waals surface area contributed by atoms with Gasteiger partial charge in [-0.3, -0.25) is 4.79 Å². The Labute approximate surface area is 92.1 Å². The van der Waals surface area contributed by atoms with E-state index in [2.05, 4.69) is 9.97 Å². The molecule has 0 aliphatic heterocycles. The Morgan fingerprint density at radius 3 is 3.07 bits per heavy atom. The molecule has 1 fully saturated rings. The number of hydrogen-bond acceptors (Lipinski definition) is 4. The molecule has 0 unspecified atom stereocenters. The van der Waals surface area contributed by atoms with E-state index in [1.54, 1.807) is 6.20 Å². The van der Waals surface area contributed by atoms with Gasteiger partial charge >= 0.3 is 5.97 Å². The van der Waals surface area contributed by atoms with Crippen LogP contribution in [0.5, 0.6) is 0 Å². The number of aromatic nitrogens is 2. The average molecular weight is 224 g/mol. The highest BCUT2D eigenvalue weighted by atomic mass is 32.2. The third-order valence-electron chi connectivity index (χ3n) is 2.16. The molecule has 0 spiro atoms. The van der Waals surface area contributed by atoms with Crippen LogP contribution in [-0.4, -0.2) is 26.8 Å². The molecule has 1 aliphatic rings. The number of carboxylic acid groups (broad SMARTS) is 1. The summed E-state index contributed by atoms with van der Waals surface area (Å²) in [5.41, 5.74) is 0. The first-order valence-corrected chi connectivity index (χ1v) is 5.92. The molecular formula is C10H12N2O2S.